The molecule has 28 heavy (non-hydrogen) atoms. The second-order valence-corrected chi connectivity index (χ2v) is 6.60. The van der Waals surface area contributed by atoms with Gasteiger partial charge in [-0.15, -0.1) is 0 Å². The second kappa shape index (κ2) is 8.04. The van der Waals surface area contributed by atoms with Gasteiger partial charge in [-0.1, -0.05) is 18.2 Å². The fraction of sp³-hybridized carbons (Fsp3) is 0.190. The van der Waals surface area contributed by atoms with Crippen LogP contribution in [0.25, 0.3) is 5.69 Å². The average Bonchev–Trinajstić information content (AvgIpc) is 3.14. The molecule has 3 rings (SSSR count). The maximum atomic E-state index is 13.2. The lowest BCUT2D eigenvalue weighted by Gasteiger charge is -2.19. The third kappa shape index (κ3) is 4.09. The number of carbonyl (C=O) groups excluding carboxylic acids is 2. The number of halogens is 1. The molecule has 1 heterocycles. The molecule has 1 aromatic heterocycles. The van der Waals surface area contributed by atoms with Crippen molar-refractivity contribution in [3.8, 4) is 5.69 Å². The summed E-state index contributed by atoms with van der Waals surface area (Å²) in [4.78, 5) is 30.6. The van der Waals surface area contributed by atoms with E-state index in [1.807, 2.05) is 32.0 Å². The number of aromatic nitrogens is 2. The Hall–Kier alpha value is -3.48. The van der Waals surface area contributed by atoms with E-state index >= 15 is 0 Å². The van der Waals surface area contributed by atoms with Gasteiger partial charge in [-0.2, -0.15) is 0 Å². The van der Waals surface area contributed by atoms with Crippen LogP contribution in [0.5, 0.6) is 0 Å². The van der Waals surface area contributed by atoms with Crippen LogP contribution < -0.4 is 5.32 Å². The largest absolute Gasteiger partial charge is 0.331 e. The smallest absolute Gasteiger partial charge is 0.272 e. The molecule has 0 spiro atoms. The zero-order chi connectivity index (χ0) is 20.3. The highest BCUT2D eigenvalue weighted by Gasteiger charge is 2.20. The Balaban J connectivity index is 1.72. The van der Waals surface area contributed by atoms with Crippen LogP contribution in [0.2, 0.25) is 0 Å². The van der Waals surface area contributed by atoms with Crippen LogP contribution in [0, 0.1) is 19.7 Å². The van der Waals surface area contributed by atoms with Crippen molar-refractivity contribution in [3.63, 3.8) is 0 Å². The lowest BCUT2D eigenvalue weighted by Crippen LogP contribution is -2.36. The van der Waals surface area contributed by atoms with Crippen LogP contribution in [0.3, 0.4) is 0 Å². The minimum atomic E-state index is -0.364. The van der Waals surface area contributed by atoms with Gasteiger partial charge in [0, 0.05) is 18.4 Å². The van der Waals surface area contributed by atoms with Crippen molar-refractivity contribution in [1.29, 1.82) is 0 Å². The number of para-hydroxylation sites is 1. The third-order valence-corrected chi connectivity index (χ3v) is 4.44. The average molecular weight is 380 g/mol. The summed E-state index contributed by atoms with van der Waals surface area (Å²) in [6.45, 7) is 3.72. The molecule has 1 N–H and O–H groups in total. The van der Waals surface area contributed by atoms with Crippen LogP contribution in [0.4, 0.5) is 10.1 Å². The molecule has 0 saturated heterocycles. The number of imidazole rings is 1. The standard InChI is InChI=1S/C21H21FN4O2/c1-14-5-4-6-15(2)20(14)24-19(27)12-25(3)21(28)18-11-23-13-26(18)17-9-7-16(22)8-10-17/h4-11,13H,12H2,1-3H3,(H,24,27). The van der Waals surface area contributed by atoms with E-state index in [-0.39, 0.29) is 29.9 Å². The summed E-state index contributed by atoms with van der Waals surface area (Å²) in [5, 5.41) is 2.87. The van der Waals surface area contributed by atoms with Crippen molar-refractivity contribution < 1.29 is 14.0 Å². The highest BCUT2D eigenvalue weighted by atomic mass is 19.1. The number of aryl methyl sites for hydroxylation is 2. The number of benzene rings is 2. The summed E-state index contributed by atoms with van der Waals surface area (Å²) < 4.78 is 14.7. The Bertz CT molecular complexity index is 991. The molecule has 0 fully saturated rings. The molecule has 0 radical (unpaired) electrons. The van der Waals surface area contributed by atoms with Gasteiger partial charge in [-0.3, -0.25) is 14.2 Å². The van der Waals surface area contributed by atoms with E-state index in [4.69, 9.17) is 0 Å². The summed E-state index contributed by atoms with van der Waals surface area (Å²) in [6, 6.07) is 11.5. The van der Waals surface area contributed by atoms with E-state index in [1.54, 1.807) is 23.7 Å². The summed E-state index contributed by atoms with van der Waals surface area (Å²) in [7, 11) is 1.55. The lowest BCUT2D eigenvalue weighted by molar-refractivity contribution is -0.116. The molecule has 0 saturated carbocycles. The first kappa shape index (κ1) is 19.3. The molecule has 0 unspecified atom stereocenters. The molecule has 0 aliphatic carbocycles. The number of nitrogens with zero attached hydrogens (tertiary/aromatic N) is 3. The number of nitrogens with one attached hydrogen (secondary N) is 1. The zero-order valence-corrected chi connectivity index (χ0v) is 15.9. The Morgan fingerprint density at radius 1 is 1.11 bits per heavy atom. The van der Waals surface area contributed by atoms with Gasteiger partial charge in [0.1, 0.15) is 11.5 Å². The van der Waals surface area contributed by atoms with Gasteiger partial charge in [-0.05, 0) is 49.2 Å². The van der Waals surface area contributed by atoms with Crippen molar-refractivity contribution in [1.82, 2.24) is 14.5 Å². The van der Waals surface area contributed by atoms with Crippen molar-refractivity contribution in [2.24, 2.45) is 0 Å². The van der Waals surface area contributed by atoms with Gasteiger partial charge in [0.15, 0.2) is 0 Å². The SMILES string of the molecule is Cc1cccc(C)c1NC(=O)CN(C)C(=O)c1cncn1-c1ccc(F)cc1. The summed E-state index contributed by atoms with van der Waals surface area (Å²) in [5.41, 5.74) is 3.56. The minimum absolute atomic E-state index is 0.110. The van der Waals surface area contributed by atoms with Gasteiger partial charge in [0.05, 0.1) is 19.1 Å². The first-order chi connectivity index (χ1) is 13.4. The van der Waals surface area contributed by atoms with E-state index in [2.05, 4.69) is 10.3 Å². The third-order valence-electron chi connectivity index (χ3n) is 4.44. The predicted octanol–water partition coefficient (Wildman–Crippen LogP) is 3.34. The van der Waals surface area contributed by atoms with Crippen LogP contribution >= 0.6 is 0 Å². The summed E-state index contributed by atoms with van der Waals surface area (Å²) in [6.07, 6.45) is 2.90. The molecule has 144 valence electrons. The predicted molar refractivity (Wildman–Crippen MR) is 105 cm³/mol. The van der Waals surface area contributed by atoms with E-state index in [0.717, 1.165) is 16.8 Å². The summed E-state index contributed by atoms with van der Waals surface area (Å²) >= 11 is 0. The van der Waals surface area contributed by atoms with Gasteiger partial charge < -0.3 is 10.2 Å². The van der Waals surface area contributed by atoms with Gasteiger partial charge >= 0.3 is 0 Å². The van der Waals surface area contributed by atoms with E-state index in [0.29, 0.717) is 5.69 Å². The molecule has 3 aromatic rings. The number of anilines is 1. The van der Waals surface area contributed by atoms with E-state index in [1.165, 1.54) is 29.6 Å². The first-order valence-electron chi connectivity index (χ1n) is 8.76. The quantitative estimate of drug-likeness (QED) is 0.738. The molecule has 7 heteroatoms. The van der Waals surface area contributed by atoms with Gasteiger partial charge in [0.2, 0.25) is 5.91 Å². The zero-order valence-electron chi connectivity index (χ0n) is 15.9. The first-order valence-corrected chi connectivity index (χ1v) is 8.76. The highest BCUT2D eigenvalue weighted by Crippen LogP contribution is 2.19. The van der Waals surface area contributed by atoms with Crippen molar-refractivity contribution in [2.75, 3.05) is 18.9 Å². The van der Waals surface area contributed by atoms with Crippen LogP contribution in [0.15, 0.2) is 55.0 Å². The molecule has 0 aliphatic rings. The molecule has 0 aliphatic heterocycles. The number of carbonyl (C=O) groups is 2. The highest BCUT2D eigenvalue weighted by molar-refractivity contribution is 5.99. The molecule has 0 atom stereocenters. The van der Waals surface area contributed by atoms with E-state index in [9.17, 15) is 14.0 Å². The van der Waals surface area contributed by atoms with Crippen LogP contribution in [0.1, 0.15) is 21.6 Å². The summed E-state index contributed by atoms with van der Waals surface area (Å²) in [5.74, 6) is -1.02. The number of hydrogen-bond acceptors (Lipinski definition) is 3. The molecular weight excluding hydrogens is 359 g/mol. The number of amides is 2. The Morgan fingerprint density at radius 3 is 2.39 bits per heavy atom. The van der Waals surface area contributed by atoms with Gasteiger partial charge in [0.25, 0.3) is 5.91 Å². The topological polar surface area (TPSA) is 67.2 Å². The lowest BCUT2D eigenvalue weighted by atomic mass is 10.1. The molecule has 2 amide bonds. The fourth-order valence-corrected chi connectivity index (χ4v) is 2.93. The Labute approximate surface area is 162 Å². The minimum Gasteiger partial charge on any atom is -0.331 e. The molecule has 6 nitrogen and oxygen atoms in total. The fourth-order valence-electron chi connectivity index (χ4n) is 2.93. The Kier molecular flexibility index (Phi) is 5.54. The van der Waals surface area contributed by atoms with Crippen molar-refractivity contribution in [3.05, 3.63) is 77.6 Å². The van der Waals surface area contributed by atoms with Gasteiger partial charge in [-0.25, -0.2) is 9.37 Å². The van der Waals surface area contributed by atoms with E-state index < -0.39 is 0 Å². The van der Waals surface area contributed by atoms with Crippen LogP contribution in [-0.4, -0.2) is 39.9 Å². The van der Waals surface area contributed by atoms with Crippen LogP contribution in [-0.2, 0) is 4.79 Å². The molecule has 0 bridgehead atoms. The molecular formula is C21H21FN4O2. The monoisotopic (exact) mass is 380 g/mol. The maximum Gasteiger partial charge on any atom is 0.272 e. The Morgan fingerprint density at radius 2 is 1.75 bits per heavy atom. The molecule has 2 aromatic carbocycles. The number of hydrogen-bond donors (Lipinski definition) is 1. The second-order valence-electron chi connectivity index (χ2n) is 6.60. The van der Waals surface area contributed by atoms with Crippen molar-refractivity contribution in [2.45, 2.75) is 13.8 Å². The normalized spacial score (nSPS) is 10.6. The van der Waals surface area contributed by atoms with Crippen molar-refractivity contribution >= 4 is 17.5 Å². The maximum absolute atomic E-state index is 13.2. The number of likely N-dealkylation sites (N-methyl/N-ethyl adjacent to an activating group) is 1. The number of rotatable bonds is 5.